The fourth-order valence-corrected chi connectivity index (χ4v) is 1.59. The number of aromatic amines is 1. The Hall–Kier alpha value is -2.18. The third-order valence-corrected chi connectivity index (χ3v) is 2.47. The Morgan fingerprint density at radius 2 is 2.16 bits per heavy atom. The van der Waals surface area contributed by atoms with Crippen molar-refractivity contribution in [3.8, 4) is 11.3 Å². The molecule has 19 heavy (non-hydrogen) atoms. The van der Waals surface area contributed by atoms with Crippen LogP contribution in [0.3, 0.4) is 0 Å². The molecule has 100 valence electrons. The second-order valence-corrected chi connectivity index (χ2v) is 3.93. The summed E-state index contributed by atoms with van der Waals surface area (Å²) in [6, 6.07) is 7.47. The maximum atomic E-state index is 11.5. The van der Waals surface area contributed by atoms with Crippen molar-refractivity contribution >= 4 is 11.6 Å². The lowest BCUT2D eigenvalue weighted by Gasteiger charge is -2.06. The van der Waals surface area contributed by atoms with Gasteiger partial charge >= 0.3 is 0 Å². The Kier molecular flexibility index (Phi) is 4.66. The highest BCUT2D eigenvalue weighted by molar-refractivity contribution is 5.91. The number of imidazole rings is 1. The van der Waals surface area contributed by atoms with E-state index in [1.165, 1.54) is 0 Å². The second kappa shape index (κ2) is 6.67. The highest BCUT2D eigenvalue weighted by Gasteiger charge is 2.03. The Bertz CT molecular complexity index is 508. The Balaban J connectivity index is 1.90. The molecule has 0 fully saturated rings. The third-order valence-electron chi connectivity index (χ3n) is 2.47. The number of nitrogens with one attached hydrogen (secondary N) is 2. The summed E-state index contributed by atoms with van der Waals surface area (Å²) in [7, 11) is 0. The quantitative estimate of drug-likeness (QED) is 0.675. The highest BCUT2D eigenvalue weighted by Crippen LogP contribution is 2.18. The van der Waals surface area contributed by atoms with Gasteiger partial charge in [0.1, 0.15) is 6.61 Å². The van der Waals surface area contributed by atoms with Crippen molar-refractivity contribution in [2.75, 3.05) is 25.1 Å². The number of rotatable bonds is 6. The SMILES string of the molecule is NCCOCC(=O)Nc1ccc(-c2cnc[nH]2)cc1. The minimum atomic E-state index is -0.192. The van der Waals surface area contributed by atoms with Crippen LogP contribution in [0.5, 0.6) is 0 Å². The van der Waals surface area contributed by atoms with Crippen LogP contribution in [-0.2, 0) is 9.53 Å². The Morgan fingerprint density at radius 1 is 1.37 bits per heavy atom. The number of ether oxygens (including phenoxy) is 1. The van der Waals surface area contributed by atoms with Gasteiger partial charge in [0.15, 0.2) is 0 Å². The lowest BCUT2D eigenvalue weighted by Crippen LogP contribution is -2.20. The van der Waals surface area contributed by atoms with E-state index in [1.807, 2.05) is 24.3 Å². The summed E-state index contributed by atoms with van der Waals surface area (Å²) in [5, 5.41) is 2.74. The Morgan fingerprint density at radius 3 is 2.79 bits per heavy atom. The van der Waals surface area contributed by atoms with Crippen molar-refractivity contribution in [3.63, 3.8) is 0 Å². The smallest absolute Gasteiger partial charge is 0.250 e. The molecule has 0 aliphatic carbocycles. The van der Waals surface area contributed by atoms with E-state index in [2.05, 4.69) is 15.3 Å². The normalized spacial score (nSPS) is 10.4. The average molecular weight is 260 g/mol. The van der Waals surface area contributed by atoms with Crippen LogP contribution in [0.1, 0.15) is 0 Å². The van der Waals surface area contributed by atoms with Gasteiger partial charge in [-0.3, -0.25) is 4.79 Å². The zero-order chi connectivity index (χ0) is 13.5. The number of aromatic nitrogens is 2. The molecule has 0 unspecified atom stereocenters. The number of carbonyl (C=O) groups excluding carboxylic acids is 1. The van der Waals surface area contributed by atoms with Crippen molar-refractivity contribution in [1.82, 2.24) is 9.97 Å². The summed E-state index contributed by atoms with van der Waals surface area (Å²) in [6.45, 7) is 0.803. The Labute approximate surface area is 111 Å². The molecule has 0 atom stereocenters. The van der Waals surface area contributed by atoms with Crippen LogP contribution >= 0.6 is 0 Å². The average Bonchev–Trinajstić information content (AvgIpc) is 2.94. The maximum absolute atomic E-state index is 11.5. The molecule has 0 saturated heterocycles. The van der Waals surface area contributed by atoms with Gasteiger partial charge in [0.05, 0.1) is 24.8 Å². The van der Waals surface area contributed by atoms with Crippen molar-refractivity contribution in [3.05, 3.63) is 36.8 Å². The van der Waals surface area contributed by atoms with Gasteiger partial charge in [-0.15, -0.1) is 0 Å². The van der Waals surface area contributed by atoms with Crippen LogP contribution in [0.2, 0.25) is 0 Å². The van der Waals surface area contributed by atoms with Crippen molar-refractivity contribution < 1.29 is 9.53 Å². The molecule has 1 aromatic carbocycles. The van der Waals surface area contributed by atoms with Crippen LogP contribution < -0.4 is 11.1 Å². The summed E-state index contributed by atoms with van der Waals surface area (Å²) in [4.78, 5) is 18.5. The molecule has 0 aliphatic rings. The van der Waals surface area contributed by atoms with E-state index in [0.717, 1.165) is 16.9 Å². The van der Waals surface area contributed by atoms with E-state index in [4.69, 9.17) is 10.5 Å². The molecule has 0 spiro atoms. The van der Waals surface area contributed by atoms with Crippen LogP contribution in [0, 0.1) is 0 Å². The molecule has 0 aliphatic heterocycles. The summed E-state index contributed by atoms with van der Waals surface area (Å²) in [6.07, 6.45) is 3.37. The molecular weight excluding hydrogens is 244 g/mol. The van der Waals surface area contributed by atoms with E-state index in [9.17, 15) is 4.79 Å². The summed E-state index contributed by atoms with van der Waals surface area (Å²) < 4.78 is 5.05. The zero-order valence-corrected chi connectivity index (χ0v) is 10.4. The minimum Gasteiger partial charge on any atom is -0.370 e. The molecule has 6 nitrogen and oxygen atoms in total. The number of amides is 1. The van der Waals surface area contributed by atoms with Gasteiger partial charge in [0.2, 0.25) is 5.91 Å². The minimum absolute atomic E-state index is 0.0134. The molecule has 1 heterocycles. The zero-order valence-electron chi connectivity index (χ0n) is 10.4. The predicted octanol–water partition coefficient (Wildman–Crippen LogP) is 0.990. The second-order valence-electron chi connectivity index (χ2n) is 3.93. The molecule has 4 N–H and O–H groups in total. The topological polar surface area (TPSA) is 93.0 Å². The molecule has 6 heteroatoms. The van der Waals surface area contributed by atoms with Crippen LogP contribution in [0.4, 0.5) is 5.69 Å². The van der Waals surface area contributed by atoms with Crippen molar-refractivity contribution in [2.45, 2.75) is 0 Å². The monoisotopic (exact) mass is 260 g/mol. The highest BCUT2D eigenvalue weighted by atomic mass is 16.5. The number of nitrogens with zero attached hydrogens (tertiary/aromatic N) is 1. The number of carbonyl (C=O) groups is 1. The summed E-state index contributed by atoms with van der Waals surface area (Å²) >= 11 is 0. The van der Waals surface area contributed by atoms with Crippen molar-refractivity contribution in [2.24, 2.45) is 5.73 Å². The van der Waals surface area contributed by atoms with E-state index in [0.29, 0.717) is 13.2 Å². The standard InChI is InChI=1S/C13H16N4O2/c14-5-6-19-8-13(18)17-11-3-1-10(2-4-11)12-7-15-9-16-12/h1-4,7,9H,5-6,8,14H2,(H,15,16)(H,17,18). The number of anilines is 1. The maximum Gasteiger partial charge on any atom is 0.250 e. The predicted molar refractivity (Wildman–Crippen MR) is 72.5 cm³/mol. The molecular formula is C13H16N4O2. The summed E-state index contributed by atoms with van der Waals surface area (Å²) in [5.41, 5.74) is 7.94. The first kappa shape index (κ1) is 13.3. The largest absolute Gasteiger partial charge is 0.370 e. The lowest BCUT2D eigenvalue weighted by atomic mass is 10.1. The first-order valence-corrected chi connectivity index (χ1v) is 5.96. The van der Waals surface area contributed by atoms with E-state index >= 15 is 0 Å². The fourth-order valence-electron chi connectivity index (χ4n) is 1.59. The van der Waals surface area contributed by atoms with E-state index in [1.54, 1.807) is 12.5 Å². The van der Waals surface area contributed by atoms with Crippen LogP contribution in [-0.4, -0.2) is 35.6 Å². The van der Waals surface area contributed by atoms with Gasteiger partial charge in [0, 0.05) is 12.2 Å². The number of hydrogen-bond donors (Lipinski definition) is 3. The third kappa shape index (κ3) is 3.90. The first-order chi connectivity index (χ1) is 9.29. The van der Waals surface area contributed by atoms with Crippen LogP contribution in [0.15, 0.2) is 36.8 Å². The van der Waals surface area contributed by atoms with Gasteiger partial charge in [-0.2, -0.15) is 0 Å². The molecule has 0 bridgehead atoms. The molecule has 1 amide bonds. The summed E-state index contributed by atoms with van der Waals surface area (Å²) in [5.74, 6) is -0.192. The number of H-pyrrole nitrogens is 1. The van der Waals surface area contributed by atoms with E-state index < -0.39 is 0 Å². The van der Waals surface area contributed by atoms with Gasteiger partial charge in [0.25, 0.3) is 0 Å². The van der Waals surface area contributed by atoms with Crippen molar-refractivity contribution in [1.29, 1.82) is 0 Å². The number of benzene rings is 1. The van der Waals surface area contributed by atoms with Gasteiger partial charge in [-0.25, -0.2) is 4.98 Å². The first-order valence-electron chi connectivity index (χ1n) is 5.96. The van der Waals surface area contributed by atoms with Gasteiger partial charge in [-0.1, -0.05) is 12.1 Å². The van der Waals surface area contributed by atoms with Gasteiger partial charge in [-0.05, 0) is 17.7 Å². The molecule has 0 saturated carbocycles. The van der Waals surface area contributed by atoms with Gasteiger partial charge < -0.3 is 20.8 Å². The fraction of sp³-hybridized carbons (Fsp3) is 0.231. The molecule has 2 aromatic rings. The molecule has 2 rings (SSSR count). The molecule has 0 radical (unpaired) electrons. The lowest BCUT2D eigenvalue weighted by molar-refractivity contribution is -0.120. The number of hydrogen-bond acceptors (Lipinski definition) is 4. The number of nitrogens with two attached hydrogens (primary N) is 1. The van der Waals surface area contributed by atoms with E-state index in [-0.39, 0.29) is 12.5 Å². The van der Waals surface area contributed by atoms with Crippen LogP contribution in [0.25, 0.3) is 11.3 Å². The molecule has 1 aromatic heterocycles.